The van der Waals surface area contributed by atoms with Gasteiger partial charge in [-0.1, -0.05) is 11.6 Å². The first kappa shape index (κ1) is 24.7. The van der Waals surface area contributed by atoms with E-state index in [0.717, 1.165) is 59.7 Å². The highest BCUT2D eigenvalue weighted by molar-refractivity contribution is 7.98. The Morgan fingerprint density at radius 2 is 1.91 bits per heavy atom. The number of hydrogen-bond donors (Lipinski definition) is 3. The summed E-state index contributed by atoms with van der Waals surface area (Å²) in [6.07, 6.45) is 6.15. The van der Waals surface area contributed by atoms with Crippen molar-refractivity contribution in [2.75, 3.05) is 18.5 Å². The maximum absolute atomic E-state index is 9.10. The third-order valence-corrected chi connectivity index (χ3v) is 7.94. The zero-order chi connectivity index (χ0) is 24.1. The Bertz CT molecular complexity index is 1170. The second-order valence-electron chi connectivity index (χ2n) is 7.89. The molecule has 0 spiro atoms. The van der Waals surface area contributed by atoms with Crippen molar-refractivity contribution in [2.24, 2.45) is 0 Å². The van der Waals surface area contributed by atoms with E-state index in [-0.39, 0.29) is 0 Å². The lowest BCUT2D eigenvalue weighted by atomic mass is 10.2. The van der Waals surface area contributed by atoms with Crippen LogP contribution in [0.5, 0.6) is 0 Å². The molecule has 0 radical (unpaired) electrons. The second kappa shape index (κ2) is 11.4. The van der Waals surface area contributed by atoms with Crippen LogP contribution in [-0.2, 0) is 32.9 Å². The van der Waals surface area contributed by atoms with E-state index in [1.54, 1.807) is 11.8 Å². The Morgan fingerprint density at radius 1 is 1.15 bits per heavy atom. The van der Waals surface area contributed by atoms with Crippen LogP contribution in [0.2, 0.25) is 5.02 Å². The van der Waals surface area contributed by atoms with Gasteiger partial charge in [0.15, 0.2) is 0 Å². The van der Waals surface area contributed by atoms with Crippen molar-refractivity contribution in [1.29, 1.82) is 0 Å². The molecule has 3 N–H and O–H groups in total. The Morgan fingerprint density at radius 3 is 2.59 bits per heavy atom. The maximum Gasteiger partial charge on any atom is 0.414 e. The van der Waals surface area contributed by atoms with Crippen LogP contribution in [0.15, 0.2) is 29.2 Å². The molecule has 2 aromatic heterocycles. The van der Waals surface area contributed by atoms with Gasteiger partial charge in [-0.3, -0.25) is 0 Å². The fourth-order valence-corrected chi connectivity index (χ4v) is 6.09. The van der Waals surface area contributed by atoms with Crippen molar-refractivity contribution in [3.8, 4) is 0 Å². The highest BCUT2D eigenvalue weighted by Crippen LogP contribution is 2.40. The summed E-state index contributed by atoms with van der Waals surface area (Å²) in [5.74, 6) is -1.03. The van der Waals surface area contributed by atoms with Gasteiger partial charge >= 0.3 is 11.9 Å². The minimum absolute atomic E-state index is 0.295. The number of rotatable bonds is 6. The predicted molar refractivity (Wildman–Crippen MR) is 133 cm³/mol. The Labute approximate surface area is 209 Å². The summed E-state index contributed by atoms with van der Waals surface area (Å²) < 4.78 is 5.79. The molecule has 1 aromatic carbocycles. The number of benzene rings is 1. The molecule has 2 aliphatic rings. The molecule has 1 atom stereocenters. The molecule has 1 aliphatic carbocycles. The van der Waals surface area contributed by atoms with E-state index in [1.165, 1.54) is 33.6 Å². The van der Waals surface area contributed by atoms with Crippen LogP contribution >= 0.6 is 34.7 Å². The molecular formula is C23H24ClN3O5S2. The molecule has 11 heteroatoms. The van der Waals surface area contributed by atoms with Crippen LogP contribution in [-0.4, -0.2) is 51.4 Å². The molecule has 0 bridgehead atoms. The molecule has 1 unspecified atom stereocenters. The van der Waals surface area contributed by atoms with Crippen LogP contribution in [0, 0.1) is 0 Å². The molecule has 34 heavy (non-hydrogen) atoms. The number of carbonyl (C=O) groups is 2. The Kier molecular flexibility index (Phi) is 8.25. The Hall–Kier alpha value is -2.40. The third kappa shape index (κ3) is 6.18. The number of aliphatic carboxylic acids is 2. The van der Waals surface area contributed by atoms with Crippen LogP contribution in [0.4, 0.5) is 5.82 Å². The first-order valence-corrected chi connectivity index (χ1v) is 13.1. The van der Waals surface area contributed by atoms with Gasteiger partial charge in [0.1, 0.15) is 16.5 Å². The average Bonchev–Trinajstić information content (AvgIpc) is 3.55. The van der Waals surface area contributed by atoms with Crippen molar-refractivity contribution in [2.45, 2.75) is 48.9 Å². The summed E-state index contributed by atoms with van der Waals surface area (Å²) in [6, 6.07) is 7.93. The number of fused-ring (bicyclic) bond motifs is 3. The summed E-state index contributed by atoms with van der Waals surface area (Å²) in [6.45, 7) is 1.70. The number of anilines is 1. The number of ether oxygens (including phenoxy) is 1. The van der Waals surface area contributed by atoms with Crippen molar-refractivity contribution in [3.05, 3.63) is 45.6 Å². The summed E-state index contributed by atoms with van der Waals surface area (Å²) in [7, 11) is 0. The highest BCUT2D eigenvalue weighted by Gasteiger charge is 2.23. The highest BCUT2D eigenvalue weighted by atomic mass is 35.5. The van der Waals surface area contributed by atoms with Gasteiger partial charge in [-0.25, -0.2) is 19.6 Å². The summed E-state index contributed by atoms with van der Waals surface area (Å²) in [5.41, 5.74) is 1.46. The van der Waals surface area contributed by atoms with Crippen molar-refractivity contribution >= 4 is 62.7 Å². The number of aromatic nitrogens is 2. The minimum atomic E-state index is -1.82. The topological polar surface area (TPSA) is 122 Å². The number of thiophene rings is 1. The standard InChI is InChI=1S/C21H22ClN3OS2.C2H2O4/c22-13-6-8-15(9-7-13)27-12-18-24-20(23-11-14-3-2-10-26-14)19-16-4-1-5-17(16)28-21(19)25-18;3-1(4)2(5)6/h6-9,14H,1-5,10-12H2,(H,23,24,25);(H,3,4)(H,5,6). The monoisotopic (exact) mass is 521 g/mol. The van der Waals surface area contributed by atoms with Gasteiger partial charge in [0.2, 0.25) is 0 Å². The van der Waals surface area contributed by atoms with Gasteiger partial charge in [0.25, 0.3) is 0 Å². The lowest BCUT2D eigenvalue weighted by molar-refractivity contribution is -0.159. The summed E-state index contributed by atoms with van der Waals surface area (Å²) >= 11 is 9.58. The molecule has 8 nitrogen and oxygen atoms in total. The smallest absolute Gasteiger partial charge is 0.414 e. The van der Waals surface area contributed by atoms with Crippen LogP contribution in [0.1, 0.15) is 35.5 Å². The number of hydrogen-bond acceptors (Lipinski definition) is 8. The fraction of sp³-hybridized carbons (Fsp3) is 0.391. The van der Waals surface area contributed by atoms with Crippen LogP contribution < -0.4 is 5.32 Å². The molecule has 3 aromatic rings. The van der Waals surface area contributed by atoms with E-state index in [1.807, 2.05) is 35.6 Å². The lowest BCUT2D eigenvalue weighted by Crippen LogP contribution is -2.19. The maximum atomic E-state index is 9.10. The number of nitrogens with zero attached hydrogens (tertiary/aromatic N) is 2. The number of carboxylic acids is 2. The minimum Gasteiger partial charge on any atom is -0.473 e. The number of halogens is 1. The molecule has 180 valence electrons. The lowest BCUT2D eigenvalue weighted by Gasteiger charge is -2.13. The quantitative estimate of drug-likeness (QED) is 0.308. The number of nitrogens with one attached hydrogen (secondary N) is 1. The van der Waals surface area contributed by atoms with E-state index >= 15 is 0 Å². The molecule has 1 fully saturated rings. The summed E-state index contributed by atoms with van der Waals surface area (Å²) in [4.78, 5) is 31.8. The van der Waals surface area contributed by atoms with Crippen molar-refractivity contribution in [3.63, 3.8) is 0 Å². The Balaban J connectivity index is 0.000000408. The SMILES string of the molecule is Clc1ccc(SCc2nc(NCC3CCCO3)c3c4c(sc3n2)CCC4)cc1.O=C(O)C(=O)O. The first-order valence-electron chi connectivity index (χ1n) is 10.9. The fourth-order valence-electron chi connectivity index (χ4n) is 3.93. The predicted octanol–water partition coefficient (Wildman–Crippen LogP) is 4.87. The molecule has 5 rings (SSSR count). The van der Waals surface area contributed by atoms with Gasteiger partial charge in [-0.2, -0.15) is 0 Å². The molecule has 0 amide bonds. The molecular weight excluding hydrogens is 498 g/mol. The largest absolute Gasteiger partial charge is 0.473 e. The van der Waals surface area contributed by atoms with E-state index in [4.69, 9.17) is 46.1 Å². The van der Waals surface area contributed by atoms with Gasteiger partial charge in [-0.15, -0.1) is 23.1 Å². The van der Waals surface area contributed by atoms with Gasteiger partial charge in [-0.05, 0) is 61.9 Å². The van der Waals surface area contributed by atoms with E-state index in [2.05, 4.69) is 5.32 Å². The van der Waals surface area contributed by atoms with Crippen LogP contribution in [0.25, 0.3) is 10.2 Å². The zero-order valence-corrected chi connectivity index (χ0v) is 20.6. The number of aryl methyl sites for hydroxylation is 2. The normalized spacial score (nSPS) is 16.7. The van der Waals surface area contributed by atoms with Crippen molar-refractivity contribution in [1.82, 2.24) is 9.97 Å². The average molecular weight is 522 g/mol. The van der Waals surface area contributed by atoms with Gasteiger partial charge < -0.3 is 20.3 Å². The molecule has 3 heterocycles. The molecule has 1 saturated heterocycles. The summed E-state index contributed by atoms with van der Waals surface area (Å²) in [5, 5.41) is 20.4. The second-order valence-corrected chi connectivity index (χ2v) is 10.5. The van der Waals surface area contributed by atoms with E-state index in [9.17, 15) is 0 Å². The van der Waals surface area contributed by atoms with Crippen molar-refractivity contribution < 1.29 is 24.5 Å². The van der Waals surface area contributed by atoms with E-state index in [0.29, 0.717) is 6.10 Å². The molecule has 1 aliphatic heterocycles. The number of thioether (sulfide) groups is 1. The number of carboxylic acid groups (broad SMARTS) is 2. The van der Waals surface area contributed by atoms with Gasteiger partial charge in [0, 0.05) is 27.9 Å². The zero-order valence-electron chi connectivity index (χ0n) is 18.3. The first-order chi connectivity index (χ1) is 16.4. The van der Waals surface area contributed by atoms with Gasteiger partial charge in [0.05, 0.1) is 17.2 Å². The molecule has 0 saturated carbocycles. The van der Waals surface area contributed by atoms with E-state index < -0.39 is 11.9 Å². The van der Waals surface area contributed by atoms with Crippen LogP contribution in [0.3, 0.4) is 0 Å². The third-order valence-electron chi connectivity index (χ3n) is 5.50.